The zero-order chi connectivity index (χ0) is 14.3. The summed E-state index contributed by atoms with van der Waals surface area (Å²) in [6, 6.07) is 5.74. The van der Waals surface area contributed by atoms with Gasteiger partial charge in [0.15, 0.2) is 0 Å². The Kier molecular flexibility index (Phi) is 5.95. The minimum absolute atomic E-state index is 0.0692. The molecule has 0 spiro atoms. The molecule has 0 fully saturated rings. The molecule has 1 N–H and O–H groups in total. The summed E-state index contributed by atoms with van der Waals surface area (Å²) >= 11 is 0. The number of nitrogens with zero attached hydrogens (tertiary/aromatic N) is 2. The van der Waals surface area contributed by atoms with Gasteiger partial charge in [0.25, 0.3) is 11.6 Å². The highest BCUT2D eigenvalue weighted by Crippen LogP contribution is 2.12. The summed E-state index contributed by atoms with van der Waals surface area (Å²) in [5, 5.41) is 13.4. The van der Waals surface area contributed by atoms with Gasteiger partial charge in [-0.3, -0.25) is 14.9 Å². The number of carbonyl (C=O) groups is 1. The fourth-order valence-electron chi connectivity index (χ4n) is 1.62. The highest BCUT2D eigenvalue weighted by Gasteiger charge is 2.10. The van der Waals surface area contributed by atoms with Crippen molar-refractivity contribution < 1.29 is 9.72 Å². The van der Waals surface area contributed by atoms with Gasteiger partial charge in [-0.1, -0.05) is 6.07 Å². The van der Waals surface area contributed by atoms with Crippen LogP contribution in [0.25, 0.3) is 0 Å². The largest absolute Gasteiger partial charge is 0.352 e. The predicted octanol–water partition coefficient (Wildman–Crippen LogP) is 1.67. The van der Waals surface area contributed by atoms with Crippen molar-refractivity contribution in [3.05, 3.63) is 39.9 Å². The third-order valence-corrected chi connectivity index (χ3v) is 2.64. The molecule has 1 amide bonds. The second-order valence-corrected chi connectivity index (χ2v) is 4.57. The number of hydrogen-bond acceptors (Lipinski definition) is 4. The standard InChI is InChI=1S/C13H19N3O3/c1-15(2)9-4-3-8-14-13(17)11-6-5-7-12(10-11)16(18)19/h5-7,10H,3-4,8-9H2,1-2H3,(H,14,17). The number of nitrogens with one attached hydrogen (secondary N) is 1. The van der Waals surface area contributed by atoms with Crippen molar-refractivity contribution in [2.45, 2.75) is 12.8 Å². The summed E-state index contributed by atoms with van der Waals surface area (Å²) < 4.78 is 0. The molecule has 0 heterocycles. The predicted molar refractivity (Wildman–Crippen MR) is 73.2 cm³/mol. The normalized spacial score (nSPS) is 10.5. The van der Waals surface area contributed by atoms with Gasteiger partial charge in [0.2, 0.25) is 0 Å². The first-order chi connectivity index (χ1) is 9.00. The molecule has 0 saturated heterocycles. The third-order valence-electron chi connectivity index (χ3n) is 2.64. The Balaban J connectivity index is 2.41. The zero-order valence-corrected chi connectivity index (χ0v) is 11.3. The van der Waals surface area contributed by atoms with E-state index in [1.165, 1.54) is 18.2 Å². The molecular formula is C13H19N3O3. The van der Waals surface area contributed by atoms with Crippen LogP contribution in [0.3, 0.4) is 0 Å². The van der Waals surface area contributed by atoms with Gasteiger partial charge in [-0.25, -0.2) is 0 Å². The van der Waals surface area contributed by atoms with E-state index in [1.807, 2.05) is 14.1 Å². The molecule has 0 atom stereocenters. The molecule has 0 aliphatic heterocycles. The Labute approximate surface area is 112 Å². The van der Waals surface area contributed by atoms with Crippen molar-refractivity contribution in [3.8, 4) is 0 Å². The molecule has 1 aromatic carbocycles. The molecule has 6 nitrogen and oxygen atoms in total. The second-order valence-electron chi connectivity index (χ2n) is 4.57. The van der Waals surface area contributed by atoms with E-state index in [0.29, 0.717) is 12.1 Å². The summed E-state index contributed by atoms with van der Waals surface area (Å²) in [6.45, 7) is 1.56. The van der Waals surface area contributed by atoms with E-state index in [9.17, 15) is 14.9 Å². The number of non-ortho nitro benzene ring substituents is 1. The molecular weight excluding hydrogens is 246 g/mol. The van der Waals surface area contributed by atoms with Crippen LogP contribution < -0.4 is 5.32 Å². The number of hydrogen-bond donors (Lipinski definition) is 1. The van der Waals surface area contributed by atoms with Crippen molar-refractivity contribution in [2.24, 2.45) is 0 Å². The Morgan fingerprint density at radius 3 is 2.74 bits per heavy atom. The minimum atomic E-state index is -0.506. The number of unbranched alkanes of at least 4 members (excludes halogenated alkanes) is 1. The van der Waals surface area contributed by atoms with Crippen molar-refractivity contribution in [2.75, 3.05) is 27.2 Å². The van der Waals surface area contributed by atoms with Gasteiger partial charge >= 0.3 is 0 Å². The molecule has 19 heavy (non-hydrogen) atoms. The lowest BCUT2D eigenvalue weighted by Gasteiger charge is -2.09. The lowest BCUT2D eigenvalue weighted by atomic mass is 10.2. The topological polar surface area (TPSA) is 75.5 Å². The zero-order valence-electron chi connectivity index (χ0n) is 11.3. The number of nitro benzene ring substituents is 1. The fourth-order valence-corrected chi connectivity index (χ4v) is 1.62. The van der Waals surface area contributed by atoms with E-state index < -0.39 is 4.92 Å². The van der Waals surface area contributed by atoms with Crippen LogP contribution in [0.1, 0.15) is 23.2 Å². The summed E-state index contributed by atoms with van der Waals surface area (Å²) in [5.41, 5.74) is 0.252. The maximum Gasteiger partial charge on any atom is 0.270 e. The van der Waals surface area contributed by atoms with E-state index >= 15 is 0 Å². The van der Waals surface area contributed by atoms with E-state index in [2.05, 4.69) is 10.2 Å². The molecule has 0 bridgehead atoms. The van der Waals surface area contributed by atoms with Crippen LogP contribution in [0.2, 0.25) is 0 Å². The first-order valence-electron chi connectivity index (χ1n) is 6.18. The van der Waals surface area contributed by atoms with Crippen LogP contribution in [-0.4, -0.2) is 42.9 Å². The van der Waals surface area contributed by atoms with Crippen molar-refractivity contribution >= 4 is 11.6 Å². The summed E-state index contributed by atoms with van der Waals surface area (Å²) in [5.74, 6) is -0.270. The Morgan fingerprint density at radius 2 is 2.11 bits per heavy atom. The SMILES string of the molecule is CN(C)CCCCNC(=O)c1cccc([N+](=O)[O-])c1. The highest BCUT2D eigenvalue weighted by molar-refractivity contribution is 5.94. The Hall–Kier alpha value is -1.95. The van der Waals surface area contributed by atoms with Gasteiger partial charge < -0.3 is 10.2 Å². The number of carbonyl (C=O) groups excluding carboxylic acids is 1. The molecule has 0 radical (unpaired) electrons. The number of benzene rings is 1. The van der Waals surface area contributed by atoms with Crippen LogP contribution in [-0.2, 0) is 0 Å². The molecule has 6 heteroatoms. The number of amides is 1. The van der Waals surface area contributed by atoms with E-state index in [-0.39, 0.29) is 11.6 Å². The van der Waals surface area contributed by atoms with Crippen LogP contribution in [0.15, 0.2) is 24.3 Å². The molecule has 0 aliphatic carbocycles. The lowest BCUT2D eigenvalue weighted by molar-refractivity contribution is -0.384. The maximum atomic E-state index is 11.8. The molecule has 0 aliphatic rings. The van der Waals surface area contributed by atoms with Crippen LogP contribution in [0.4, 0.5) is 5.69 Å². The van der Waals surface area contributed by atoms with Gasteiger partial charge in [-0.05, 0) is 39.5 Å². The monoisotopic (exact) mass is 265 g/mol. The first kappa shape index (κ1) is 15.1. The van der Waals surface area contributed by atoms with E-state index in [0.717, 1.165) is 19.4 Å². The quantitative estimate of drug-likeness (QED) is 0.462. The summed E-state index contributed by atoms with van der Waals surface area (Å²) in [6.07, 6.45) is 1.89. The van der Waals surface area contributed by atoms with Crippen molar-refractivity contribution in [3.63, 3.8) is 0 Å². The second kappa shape index (κ2) is 7.48. The molecule has 1 rings (SSSR count). The van der Waals surface area contributed by atoms with Gasteiger partial charge in [0.05, 0.1) is 4.92 Å². The van der Waals surface area contributed by atoms with E-state index in [1.54, 1.807) is 6.07 Å². The Morgan fingerprint density at radius 1 is 1.37 bits per heavy atom. The fraction of sp³-hybridized carbons (Fsp3) is 0.462. The van der Waals surface area contributed by atoms with Gasteiger partial charge in [-0.2, -0.15) is 0 Å². The lowest BCUT2D eigenvalue weighted by Crippen LogP contribution is -2.25. The summed E-state index contributed by atoms with van der Waals surface area (Å²) in [7, 11) is 4.00. The van der Waals surface area contributed by atoms with Gasteiger partial charge in [0.1, 0.15) is 0 Å². The molecule has 0 aromatic heterocycles. The minimum Gasteiger partial charge on any atom is -0.352 e. The van der Waals surface area contributed by atoms with Gasteiger partial charge in [0, 0.05) is 24.2 Å². The van der Waals surface area contributed by atoms with Crippen LogP contribution in [0, 0.1) is 10.1 Å². The average molecular weight is 265 g/mol. The third kappa shape index (κ3) is 5.48. The van der Waals surface area contributed by atoms with Crippen molar-refractivity contribution in [1.82, 2.24) is 10.2 Å². The van der Waals surface area contributed by atoms with Crippen molar-refractivity contribution in [1.29, 1.82) is 0 Å². The number of rotatable bonds is 7. The number of nitro groups is 1. The van der Waals surface area contributed by atoms with E-state index in [4.69, 9.17) is 0 Å². The molecule has 0 saturated carbocycles. The molecule has 104 valence electrons. The first-order valence-corrected chi connectivity index (χ1v) is 6.18. The molecule has 0 unspecified atom stereocenters. The maximum absolute atomic E-state index is 11.8. The smallest absolute Gasteiger partial charge is 0.270 e. The average Bonchev–Trinajstić information content (AvgIpc) is 2.37. The van der Waals surface area contributed by atoms with Crippen LogP contribution >= 0.6 is 0 Å². The highest BCUT2D eigenvalue weighted by atomic mass is 16.6. The summed E-state index contributed by atoms with van der Waals surface area (Å²) in [4.78, 5) is 24.0. The van der Waals surface area contributed by atoms with Crippen LogP contribution in [0.5, 0.6) is 0 Å². The Bertz CT molecular complexity index is 447. The van der Waals surface area contributed by atoms with Gasteiger partial charge in [-0.15, -0.1) is 0 Å². The molecule has 1 aromatic rings.